The van der Waals surface area contributed by atoms with Crippen LogP contribution in [0, 0.1) is 6.92 Å². The van der Waals surface area contributed by atoms with E-state index in [9.17, 15) is 4.79 Å². The van der Waals surface area contributed by atoms with Crippen molar-refractivity contribution in [3.05, 3.63) is 57.1 Å². The Morgan fingerprint density at radius 3 is 2.94 bits per heavy atom. The number of aryl methyl sites for hydroxylation is 1. The Morgan fingerprint density at radius 1 is 1.24 bits per heavy atom. The third kappa shape index (κ3) is 1.66. The van der Waals surface area contributed by atoms with Gasteiger partial charge >= 0.3 is 0 Å². The number of nitrogens with zero attached hydrogens (tertiary/aromatic N) is 2. The topological polar surface area (TPSA) is 34.9 Å². The first kappa shape index (κ1) is 10.2. The lowest BCUT2D eigenvalue weighted by atomic mass is 10.2. The van der Waals surface area contributed by atoms with E-state index in [1.807, 2.05) is 48.0 Å². The van der Waals surface area contributed by atoms with Crippen LogP contribution >= 0.6 is 11.3 Å². The van der Waals surface area contributed by atoms with Gasteiger partial charge in [-0.3, -0.25) is 9.36 Å². The number of fused-ring (bicyclic) bond motifs is 1. The predicted octanol–water partition coefficient (Wildman–Crippen LogP) is 2.76. The molecule has 0 N–H and O–H groups in total. The first-order chi connectivity index (χ1) is 8.25. The predicted molar refractivity (Wildman–Crippen MR) is 70.0 cm³/mol. The maximum atomic E-state index is 11.8. The van der Waals surface area contributed by atoms with Gasteiger partial charge in [-0.25, -0.2) is 4.98 Å². The molecule has 0 spiro atoms. The van der Waals surface area contributed by atoms with E-state index in [-0.39, 0.29) is 4.74 Å². The molecule has 3 nitrogen and oxygen atoms in total. The van der Waals surface area contributed by atoms with Gasteiger partial charge in [0.25, 0.3) is 4.74 Å². The minimum atomic E-state index is -0.0167. The molecule has 0 fully saturated rings. The van der Waals surface area contributed by atoms with Crippen LogP contribution in [-0.2, 0) is 0 Å². The summed E-state index contributed by atoms with van der Waals surface area (Å²) >= 11 is 1.19. The number of benzene rings is 1. The van der Waals surface area contributed by atoms with Gasteiger partial charge in [-0.1, -0.05) is 29.5 Å². The Morgan fingerprint density at radius 2 is 2.06 bits per heavy atom. The lowest BCUT2D eigenvalue weighted by Gasteiger charge is -2.03. The highest BCUT2D eigenvalue weighted by Gasteiger charge is 2.07. The maximum Gasteiger partial charge on any atom is 0.275 e. The Labute approximate surface area is 102 Å². The fourth-order valence-corrected chi connectivity index (χ4v) is 2.43. The van der Waals surface area contributed by atoms with E-state index in [4.69, 9.17) is 0 Å². The van der Waals surface area contributed by atoms with Crippen LogP contribution in [0.5, 0.6) is 0 Å². The monoisotopic (exact) mass is 242 g/mol. The standard InChI is InChI=1S/C13H10N2OS/c1-9-8-17-13(16)12(14-9)15-7-6-10-4-2-3-5-11(10)15/h2-8H,1H3. The van der Waals surface area contributed by atoms with E-state index in [1.165, 1.54) is 11.3 Å². The van der Waals surface area contributed by atoms with Crippen LogP contribution in [0.15, 0.2) is 46.7 Å². The summed E-state index contributed by atoms with van der Waals surface area (Å²) in [6, 6.07) is 9.95. The molecule has 2 heterocycles. The Bertz CT molecular complexity index is 742. The summed E-state index contributed by atoms with van der Waals surface area (Å²) in [5.74, 6) is 0.483. The molecule has 3 rings (SSSR count). The number of para-hydroxylation sites is 1. The molecule has 4 heteroatoms. The van der Waals surface area contributed by atoms with E-state index >= 15 is 0 Å². The van der Waals surface area contributed by atoms with E-state index in [2.05, 4.69) is 4.98 Å². The lowest BCUT2D eigenvalue weighted by Crippen LogP contribution is -2.10. The molecule has 3 aromatic rings. The molecule has 0 unspecified atom stereocenters. The first-order valence-corrected chi connectivity index (χ1v) is 6.16. The second-order valence-electron chi connectivity index (χ2n) is 3.84. The largest absolute Gasteiger partial charge is 0.297 e. The van der Waals surface area contributed by atoms with Gasteiger partial charge in [-0.2, -0.15) is 0 Å². The quantitative estimate of drug-likeness (QED) is 0.657. The smallest absolute Gasteiger partial charge is 0.275 e. The molecule has 0 saturated heterocycles. The molecule has 0 bridgehead atoms. The van der Waals surface area contributed by atoms with Crippen molar-refractivity contribution >= 4 is 22.2 Å². The SMILES string of the molecule is Cc1csc(=O)c(-n2ccc3ccccc32)n1. The molecule has 0 aliphatic heterocycles. The zero-order valence-electron chi connectivity index (χ0n) is 9.25. The zero-order valence-corrected chi connectivity index (χ0v) is 10.1. The van der Waals surface area contributed by atoms with Gasteiger partial charge in [-0.05, 0) is 24.4 Å². The van der Waals surface area contributed by atoms with Gasteiger partial charge in [0.2, 0.25) is 0 Å². The van der Waals surface area contributed by atoms with Gasteiger partial charge < -0.3 is 0 Å². The molecule has 0 amide bonds. The van der Waals surface area contributed by atoms with Gasteiger partial charge in [-0.15, -0.1) is 0 Å². The minimum absolute atomic E-state index is 0.0167. The van der Waals surface area contributed by atoms with Gasteiger partial charge in [0, 0.05) is 17.3 Å². The van der Waals surface area contributed by atoms with E-state index in [0.29, 0.717) is 5.82 Å². The molecule has 0 atom stereocenters. The van der Waals surface area contributed by atoms with Crippen molar-refractivity contribution in [2.24, 2.45) is 0 Å². The molecule has 0 aliphatic carbocycles. The summed E-state index contributed by atoms with van der Waals surface area (Å²) < 4.78 is 1.83. The average molecular weight is 242 g/mol. The molecule has 84 valence electrons. The molecule has 2 aromatic heterocycles. The fourth-order valence-electron chi connectivity index (χ4n) is 1.85. The molecule has 17 heavy (non-hydrogen) atoms. The first-order valence-electron chi connectivity index (χ1n) is 5.28. The second kappa shape index (κ2) is 3.82. The zero-order chi connectivity index (χ0) is 11.8. The van der Waals surface area contributed by atoms with Crippen molar-refractivity contribution in [3.8, 4) is 5.82 Å². The van der Waals surface area contributed by atoms with E-state index in [1.54, 1.807) is 5.38 Å². The number of rotatable bonds is 1. The normalized spacial score (nSPS) is 10.9. The van der Waals surface area contributed by atoms with Crippen LogP contribution in [0.1, 0.15) is 5.69 Å². The van der Waals surface area contributed by atoms with Crippen molar-refractivity contribution in [1.82, 2.24) is 9.55 Å². The molecule has 0 saturated carbocycles. The molecular formula is C13H10N2OS. The molecular weight excluding hydrogens is 232 g/mol. The third-order valence-corrected chi connectivity index (χ3v) is 3.48. The van der Waals surface area contributed by atoms with Crippen molar-refractivity contribution in [2.45, 2.75) is 6.92 Å². The van der Waals surface area contributed by atoms with Gasteiger partial charge in [0.05, 0.1) is 5.52 Å². The molecule has 0 radical (unpaired) electrons. The van der Waals surface area contributed by atoms with Gasteiger partial charge in [0.15, 0.2) is 5.82 Å². The van der Waals surface area contributed by atoms with E-state index < -0.39 is 0 Å². The fraction of sp³-hybridized carbons (Fsp3) is 0.0769. The lowest BCUT2D eigenvalue weighted by molar-refractivity contribution is 1.02. The highest BCUT2D eigenvalue weighted by molar-refractivity contribution is 7.07. The number of hydrogen-bond acceptors (Lipinski definition) is 3. The highest BCUT2D eigenvalue weighted by Crippen LogP contribution is 2.17. The van der Waals surface area contributed by atoms with Gasteiger partial charge in [0.1, 0.15) is 0 Å². The summed E-state index contributed by atoms with van der Waals surface area (Å²) in [5.41, 5.74) is 1.87. The van der Waals surface area contributed by atoms with Crippen molar-refractivity contribution in [3.63, 3.8) is 0 Å². The maximum absolute atomic E-state index is 11.8. The Hall–Kier alpha value is -1.94. The van der Waals surface area contributed by atoms with Crippen molar-refractivity contribution in [1.29, 1.82) is 0 Å². The summed E-state index contributed by atoms with van der Waals surface area (Å²) in [6.07, 6.45) is 1.89. The number of aromatic nitrogens is 2. The Kier molecular flexibility index (Phi) is 2.30. The Balaban J connectivity index is 2.35. The van der Waals surface area contributed by atoms with Crippen molar-refractivity contribution in [2.75, 3.05) is 0 Å². The minimum Gasteiger partial charge on any atom is -0.297 e. The number of hydrogen-bond donors (Lipinski definition) is 0. The summed E-state index contributed by atoms with van der Waals surface area (Å²) in [4.78, 5) is 16.2. The van der Waals surface area contributed by atoms with E-state index in [0.717, 1.165) is 16.6 Å². The summed E-state index contributed by atoms with van der Waals surface area (Å²) in [6.45, 7) is 1.89. The van der Waals surface area contributed by atoms with Crippen LogP contribution in [0.2, 0.25) is 0 Å². The second-order valence-corrected chi connectivity index (χ2v) is 4.69. The highest BCUT2D eigenvalue weighted by atomic mass is 32.1. The van der Waals surface area contributed by atoms with Crippen LogP contribution in [0.25, 0.3) is 16.7 Å². The molecule has 0 aliphatic rings. The van der Waals surface area contributed by atoms with Crippen molar-refractivity contribution < 1.29 is 0 Å². The summed E-state index contributed by atoms with van der Waals surface area (Å²) in [7, 11) is 0. The molecule has 1 aromatic carbocycles. The van der Waals surface area contributed by atoms with Crippen LogP contribution < -0.4 is 4.74 Å². The third-order valence-electron chi connectivity index (χ3n) is 2.63. The average Bonchev–Trinajstić information content (AvgIpc) is 2.76. The van der Waals surface area contributed by atoms with Crippen LogP contribution in [0.3, 0.4) is 0 Å². The van der Waals surface area contributed by atoms with Crippen LogP contribution in [0.4, 0.5) is 0 Å². The van der Waals surface area contributed by atoms with Crippen LogP contribution in [-0.4, -0.2) is 9.55 Å². The summed E-state index contributed by atoms with van der Waals surface area (Å²) in [5, 5.41) is 2.89.